The molecule has 0 bridgehead atoms. The van der Waals surface area contributed by atoms with Crippen molar-refractivity contribution in [2.45, 2.75) is 19.8 Å². The second-order valence-electron chi connectivity index (χ2n) is 2.21. The third kappa shape index (κ3) is 4.65. The van der Waals surface area contributed by atoms with E-state index in [1.807, 2.05) is 6.92 Å². The van der Waals surface area contributed by atoms with Crippen LogP contribution in [0.2, 0.25) is 0 Å². The third-order valence-corrected chi connectivity index (χ3v) is 1.63. The van der Waals surface area contributed by atoms with Gasteiger partial charge in [-0.2, -0.15) is 0 Å². The minimum atomic E-state index is -0.757. The van der Waals surface area contributed by atoms with Crippen LogP contribution in [0.4, 0.5) is 0 Å². The number of hydrogen-bond acceptors (Lipinski definition) is 3. The van der Waals surface area contributed by atoms with E-state index in [0.717, 1.165) is 0 Å². The fourth-order valence-electron chi connectivity index (χ4n) is 0.768. The van der Waals surface area contributed by atoms with Gasteiger partial charge in [-0.15, -0.1) is 0 Å². The lowest BCUT2D eigenvalue weighted by Crippen LogP contribution is -2.13. The molecule has 0 fully saturated rings. The maximum atomic E-state index is 10.4. The predicted octanol–water partition coefficient (Wildman–Crippen LogP) is 1.59. The molecule has 0 aromatic rings. The molecule has 1 atom stereocenters. The number of carboxylic acids is 1. The standard InChI is InChI=1S/C7H11NO2S/c1-2-6(7(9)10)3-4-8-5-11/h6H,2-4H2,1H3,(H,9,10). The molecular weight excluding hydrogens is 162 g/mol. The highest BCUT2D eigenvalue weighted by molar-refractivity contribution is 7.78. The predicted molar refractivity (Wildman–Crippen MR) is 45.9 cm³/mol. The fraction of sp³-hybridized carbons (Fsp3) is 0.714. The largest absolute Gasteiger partial charge is 0.481 e. The normalized spacial score (nSPS) is 11.7. The number of nitrogens with zero attached hydrogens (tertiary/aromatic N) is 1. The van der Waals surface area contributed by atoms with Gasteiger partial charge in [0.05, 0.1) is 17.6 Å². The van der Waals surface area contributed by atoms with Gasteiger partial charge in [-0.25, -0.2) is 4.99 Å². The van der Waals surface area contributed by atoms with Gasteiger partial charge in [0.1, 0.15) is 0 Å². The number of rotatable bonds is 5. The molecule has 4 heteroatoms. The van der Waals surface area contributed by atoms with Crippen molar-refractivity contribution in [3.63, 3.8) is 0 Å². The summed E-state index contributed by atoms with van der Waals surface area (Å²) in [6.45, 7) is 2.31. The second kappa shape index (κ2) is 6.01. The summed E-state index contributed by atoms with van der Waals surface area (Å²) in [7, 11) is 0. The van der Waals surface area contributed by atoms with Crippen LogP contribution < -0.4 is 0 Å². The highest BCUT2D eigenvalue weighted by Gasteiger charge is 2.13. The monoisotopic (exact) mass is 173 g/mol. The smallest absolute Gasteiger partial charge is 0.306 e. The molecule has 0 saturated carbocycles. The van der Waals surface area contributed by atoms with E-state index in [-0.39, 0.29) is 5.92 Å². The Bertz CT molecular complexity index is 175. The van der Waals surface area contributed by atoms with Crippen molar-refractivity contribution in [1.82, 2.24) is 0 Å². The lowest BCUT2D eigenvalue weighted by Gasteiger charge is -2.05. The zero-order valence-corrected chi connectivity index (χ0v) is 7.23. The number of hydrogen-bond donors (Lipinski definition) is 1. The molecule has 0 aliphatic heterocycles. The Kier molecular flexibility index (Phi) is 5.61. The number of thiocarbonyl (C=S) groups is 1. The molecule has 0 aliphatic rings. The van der Waals surface area contributed by atoms with Gasteiger partial charge in [-0.3, -0.25) is 4.79 Å². The van der Waals surface area contributed by atoms with E-state index < -0.39 is 5.97 Å². The molecule has 1 unspecified atom stereocenters. The van der Waals surface area contributed by atoms with E-state index in [1.165, 1.54) is 0 Å². The lowest BCUT2D eigenvalue weighted by molar-refractivity contribution is -0.141. The summed E-state index contributed by atoms with van der Waals surface area (Å²) < 4.78 is 0. The lowest BCUT2D eigenvalue weighted by atomic mass is 10.0. The van der Waals surface area contributed by atoms with E-state index >= 15 is 0 Å². The second-order valence-corrected chi connectivity index (χ2v) is 2.39. The van der Waals surface area contributed by atoms with E-state index in [0.29, 0.717) is 19.4 Å². The van der Waals surface area contributed by atoms with Crippen molar-refractivity contribution in [2.24, 2.45) is 10.9 Å². The summed E-state index contributed by atoms with van der Waals surface area (Å²) in [5, 5.41) is 10.8. The molecule has 0 rings (SSSR count). The van der Waals surface area contributed by atoms with Gasteiger partial charge in [-0.05, 0) is 25.1 Å². The van der Waals surface area contributed by atoms with Gasteiger partial charge in [0.25, 0.3) is 0 Å². The Morgan fingerprint density at radius 2 is 2.45 bits per heavy atom. The quantitative estimate of drug-likeness (QED) is 0.507. The molecule has 0 aliphatic carbocycles. The van der Waals surface area contributed by atoms with E-state index in [9.17, 15) is 4.79 Å². The number of carboxylic acid groups (broad SMARTS) is 1. The Labute approximate surface area is 71.1 Å². The summed E-state index contributed by atoms with van der Waals surface area (Å²) in [4.78, 5) is 14.1. The molecule has 0 aromatic carbocycles. The van der Waals surface area contributed by atoms with Gasteiger partial charge in [0.15, 0.2) is 0 Å². The van der Waals surface area contributed by atoms with Crippen LogP contribution in [-0.4, -0.2) is 22.8 Å². The molecule has 62 valence electrons. The van der Waals surface area contributed by atoms with Crippen LogP contribution in [0.5, 0.6) is 0 Å². The number of isothiocyanates is 1. The molecular formula is C7H11NO2S. The zero-order valence-electron chi connectivity index (χ0n) is 6.41. The van der Waals surface area contributed by atoms with Crippen LogP contribution in [0.15, 0.2) is 4.99 Å². The topological polar surface area (TPSA) is 49.7 Å². The van der Waals surface area contributed by atoms with Crippen LogP contribution in [0.25, 0.3) is 0 Å². The molecule has 0 amide bonds. The van der Waals surface area contributed by atoms with E-state index in [4.69, 9.17) is 5.11 Å². The Balaban J connectivity index is 3.69. The van der Waals surface area contributed by atoms with Crippen LogP contribution >= 0.6 is 12.2 Å². The average Bonchev–Trinajstić information content (AvgIpc) is 1.97. The first-order valence-corrected chi connectivity index (χ1v) is 3.89. The summed E-state index contributed by atoms with van der Waals surface area (Å²) in [5.41, 5.74) is 0. The van der Waals surface area contributed by atoms with E-state index in [1.54, 1.807) is 0 Å². The molecule has 0 heterocycles. The first kappa shape index (κ1) is 10.3. The molecule has 0 saturated heterocycles. The van der Waals surface area contributed by atoms with Crippen LogP contribution in [-0.2, 0) is 4.79 Å². The molecule has 11 heavy (non-hydrogen) atoms. The van der Waals surface area contributed by atoms with Crippen molar-refractivity contribution in [1.29, 1.82) is 0 Å². The van der Waals surface area contributed by atoms with Crippen molar-refractivity contribution < 1.29 is 9.90 Å². The van der Waals surface area contributed by atoms with E-state index in [2.05, 4.69) is 22.4 Å². The van der Waals surface area contributed by atoms with Crippen LogP contribution in [0.1, 0.15) is 19.8 Å². The number of aliphatic carboxylic acids is 1. The average molecular weight is 173 g/mol. The summed E-state index contributed by atoms with van der Waals surface area (Å²) in [6.07, 6.45) is 1.19. The highest BCUT2D eigenvalue weighted by Crippen LogP contribution is 2.07. The Morgan fingerprint density at radius 3 is 2.82 bits per heavy atom. The molecule has 0 radical (unpaired) electrons. The number of aliphatic imine (C=N–C) groups is 1. The maximum Gasteiger partial charge on any atom is 0.306 e. The van der Waals surface area contributed by atoms with Gasteiger partial charge >= 0.3 is 5.97 Å². The fourth-order valence-corrected chi connectivity index (χ4v) is 0.860. The third-order valence-electron chi connectivity index (χ3n) is 1.50. The Hall–Kier alpha value is -0.730. The first-order chi connectivity index (χ1) is 5.22. The van der Waals surface area contributed by atoms with Gasteiger partial charge in [0.2, 0.25) is 0 Å². The highest BCUT2D eigenvalue weighted by atomic mass is 32.1. The zero-order chi connectivity index (χ0) is 8.69. The van der Waals surface area contributed by atoms with Crippen molar-refractivity contribution in [3.8, 4) is 0 Å². The summed E-state index contributed by atoms with van der Waals surface area (Å²) in [6, 6.07) is 0. The van der Waals surface area contributed by atoms with Crippen molar-refractivity contribution in [3.05, 3.63) is 0 Å². The molecule has 3 nitrogen and oxygen atoms in total. The van der Waals surface area contributed by atoms with Crippen molar-refractivity contribution >= 4 is 23.3 Å². The van der Waals surface area contributed by atoms with Gasteiger partial charge in [-0.1, -0.05) is 6.92 Å². The number of carbonyl (C=O) groups is 1. The first-order valence-electron chi connectivity index (χ1n) is 3.48. The maximum absolute atomic E-state index is 10.4. The van der Waals surface area contributed by atoms with Crippen LogP contribution in [0, 0.1) is 5.92 Å². The summed E-state index contributed by atoms with van der Waals surface area (Å²) >= 11 is 4.34. The molecule has 1 N–H and O–H groups in total. The van der Waals surface area contributed by atoms with Gasteiger partial charge in [0, 0.05) is 0 Å². The van der Waals surface area contributed by atoms with Crippen LogP contribution in [0.3, 0.4) is 0 Å². The molecule has 0 spiro atoms. The van der Waals surface area contributed by atoms with Crippen molar-refractivity contribution in [2.75, 3.05) is 6.54 Å². The molecule has 0 aromatic heterocycles. The minimum Gasteiger partial charge on any atom is -0.481 e. The SMILES string of the molecule is CCC(CCN=C=S)C(=O)O. The summed E-state index contributed by atoms with van der Waals surface area (Å²) in [5.74, 6) is -1.05. The minimum absolute atomic E-state index is 0.290. The van der Waals surface area contributed by atoms with Gasteiger partial charge < -0.3 is 5.11 Å². The Morgan fingerprint density at radius 1 is 1.82 bits per heavy atom.